The second kappa shape index (κ2) is 7.66. The van der Waals surface area contributed by atoms with Crippen LogP contribution in [-0.4, -0.2) is 6.61 Å². The molecule has 0 aliphatic heterocycles. The van der Waals surface area contributed by atoms with Crippen LogP contribution in [-0.2, 0) is 12.8 Å². The molecule has 120 valence electrons. The van der Waals surface area contributed by atoms with Gasteiger partial charge in [-0.1, -0.05) is 18.2 Å². The van der Waals surface area contributed by atoms with E-state index in [1.807, 2.05) is 18.2 Å². The highest BCUT2D eigenvalue weighted by Gasteiger charge is 2.13. The first-order valence-corrected chi connectivity index (χ1v) is 8.44. The second-order valence-corrected chi connectivity index (χ2v) is 6.19. The lowest BCUT2D eigenvalue weighted by atomic mass is 9.94. The molecular formula is C21H20N2O. The van der Waals surface area contributed by atoms with Crippen molar-refractivity contribution in [1.82, 2.24) is 0 Å². The summed E-state index contributed by atoms with van der Waals surface area (Å²) >= 11 is 0. The summed E-state index contributed by atoms with van der Waals surface area (Å²) in [5, 5.41) is 18.4. The van der Waals surface area contributed by atoms with Gasteiger partial charge in [0.25, 0.3) is 0 Å². The average Bonchev–Trinajstić information content (AvgIpc) is 3.09. The van der Waals surface area contributed by atoms with Gasteiger partial charge in [0.2, 0.25) is 0 Å². The normalized spacial score (nSPS) is 13.6. The van der Waals surface area contributed by atoms with Gasteiger partial charge in [-0.3, -0.25) is 0 Å². The molecule has 0 saturated heterocycles. The van der Waals surface area contributed by atoms with E-state index < -0.39 is 0 Å². The highest BCUT2D eigenvalue weighted by Crippen LogP contribution is 2.26. The zero-order valence-corrected chi connectivity index (χ0v) is 13.7. The molecule has 24 heavy (non-hydrogen) atoms. The number of hydrogen-bond acceptors (Lipinski definition) is 3. The lowest BCUT2D eigenvalue weighted by Crippen LogP contribution is -2.02. The van der Waals surface area contributed by atoms with Crippen molar-refractivity contribution in [2.24, 2.45) is 0 Å². The Bertz CT molecular complexity index is 798. The van der Waals surface area contributed by atoms with Crippen molar-refractivity contribution in [2.45, 2.75) is 38.0 Å². The summed E-state index contributed by atoms with van der Waals surface area (Å²) < 4.78 is 5.85. The fourth-order valence-corrected chi connectivity index (χ4v) is 3.25. The minimum Gasteiger partial charge on any atom is -0.494 e. The van der Waals surface area contributed by atoms with Gasteiger partial charge in [0, 0.05) is 0 Å². The lowest BCUT2D eigenvalue weighted by molar-refractivity contribution is 0.304. The molecule has 3 rings (SSSR count). The van der Waals surface area contributed by atoms with Gasteiger partial charge >= 0.3 is 0 Å². The quantitative estimate of drug-likeness (QED) is 0.737. The van der Waals surface area contributed by atoms with Crippen LogP contribution in [0.2, 0.25) is 0 Å². The van der Waals surface area contributed by atoms with E-state index in [2.05, 4.69) is 24.3 Å². The molecule has 0 amide bonds. The maximum absolute atomic E-state index is 9.39. The molecule has 2 aromatic carbocycles. The third-order valence-electron chi connectivity index (χ3n) is 4.55. The van der Waals surface area contributed by atoms with E-state index in [1.54, 1.807) is 12.1 Å². The van der Waals surface area contributed by atoms with Gasteiger partial charge in [-0.2, -0.15) is 10.5 Å². The standard InChI is InChI=1S/C21H20N2O/c22-14-16-4-1-6-18(12-16)20(15-23)8-3-11-24-21-10-9-17-5-2-7-19(17)13-21/h1,4,6,9-10,12-13,20H,2-3,5,7-8,11H2. The van der Waals surface area contributed by atoms with Crippen LogP contribution in [0.5, 0.6) is 5.75 Å². The summed E-state index contributed by atoms with van der Waals surface area (Å²) in [6.07, 6.45) is 5.12. The van der Waals surface area contributed by atoms with Crippen LogP contribution in [0, 0.1) is 22.7 Å². The highest BCUT2D eigenvalue weighted by atomic mass is 16.5. The summed E-state index contributed by atoms with van der Waals surface area (Å²) in [6, 6.07) is 18.1. The Balaban J connectivity index is 1.51. The van der Waals surface area contributed by atoms with E-state index in [-0.39, 0.29) is 5.92 Å². The number of aryl methyl sites for hydroxylation is 2. The van der Waals surface area contributed by atoms with Gasteiger partial charge in [0.05, 0.1) is 30.2 Å². The second-order valence-electron chi connectivity index (χ2n) is 6.19. The maximum Gasteiger partial charge on any atom is 0.119 e. The molecule has 0 radical (unpaired) electrons. The van der Waals surface area contributed by atoms with Crippen LogP contribution in [0.15, 0.2) is 42.5 Å². The van der Waals surface area contributed by atoms with Crippen molar-refractivity contribution in [1.29, 1.82) is 10.5 Å². The predicted octanol–water partition coefficient (Wildman–Crippen LogP) is 4.51. The summed E-state index contributed by atoms with van der Waals surface area (Å²) in [7, 11) is 0. The molecule has 1 aliphatic rings. The molecule has 0 bridgehead atoms. The fraction of sp³-hybridized carbons (Fsp3) is 0.333. The summed E-state index contributed by atoms with van der Waals surface area (Å²) in [6.45, 7) is 0.606. The Morgan fingerprint density at radius 1 is 1.04 bits per heavy atom. The van der Waals surface area contributed by atoms with Crippen LogP contribution < -0.4 is 4.74 Å². The highest BCUT2D eigenvalue weighted by molar-refractivity contribution is 5.38. The van der Waals surface area contributed by atoms with Gasteiger partial charge in [-0.25, -0.2) is 0 Å². The number of rotatable bonds is 6. The van der Waals surface area contributed by atoms with Gasteiger partial charge in [0.15, 0.2) is 0 Å². The molecule has 1 unspecified atom stereocenters. The van der Waals surface area contributed by atoms with Crippen molar-refractivity contribution in [3.63, 3.8) is 0 Å². The fourth-order valence-electron chi connectivity index (χ4n) is 3.25. The first-order valence-electron chi connectivity index (χ1n) is 8.44. The maximum atomic E-state index is 9.39. The van der Waals surface area contributed by atoms with E-state index in [9.17, 15) is 5.26 Å². The SMILES string of the molecule is N#Cc1cccc(C(C#N)CCCOc2ccc3c(c2)CCC3)c1. The Morgan fingerprint density at radius 2 is 1.92 bits per heavy atom. The van der Waals surface area contributed by atoms with Crippen molar-refractivity contribution in [3.8, 4) is 17.9 Å². The summed E-state index contributed by atoms with van der Waals surface area (Å²) in [5.74, 6) is 0.734. The molecular weight excluding hydrogens is 296 g/mol. The number of nitrogens with zero attached hydrogens (tertiary/aromatic N) is 2. The molecule has 0 fully saturated rings. The molecule has 3 heteroatoms. The van der Waals surface area contributed by atoms with Crippen molar-refractivity contribution in [3.05, 3.63) is 64.7 Å². The van der Waals surface area contributed by atoms with Crippen LogP contribution in [0.1, 0.15) is 47.4 Å². The number of ether oxygens (including phenoxy) is 1. The molecule has 0 N–H and O–H groups in total. The lowest BCUT2D eigenvalue weighted by Gasteiger charge is -2.11. The van der Waals surface area contributed by atoms with Crippen molar-refractivity contribution < 1.29 is 4.74 Å². The molecule has 3 nitrogen and oxygen atoms in total. The van der Waals surface area contributed by atoms with E-state index in [0.717, 1.165) is 30.6 Å². The number of hydrogen-bond donors (Lipinski definition) is 0. The van der Waals surface area contributed by atoms with E-state index >= 15 is 0 Å². The Kier molecular flexibility index (Phi) is 5.14. The molecule has 0 heterocycles. The Hall–Kier alpha value is -2.78. The van der Waals surface area contributed by atoms with E-state index in [1.165, 1.54) is 24.0 Å². The zero-order chi connectivity index (χ0) is 16.8. The third kappa shape index (κ3) is 3.76. The van der Waals surface area contributed by atoms with Crippen LogP contribution >= 0.6 is 0 Å². The van der Waals surface area contributed by atoms with Crippen molar-refractivity contribution in [2.75, 3.05) is 6.61 Å². The zero-order valence-electron chi connectivity index (χ0n) is 13.7. The number of nitriles is 2. The van der Waals surface area contributed by atoms with Gasteiger partial charge in [-0.05, 0) is 73.1 Å². The minimum atomic E-state index is -0.193. The first-order chi connectivity index (χ1) is 11.8. The van der Waals surface area contributed by atoms with E-state index in [0.29, 0.717) is 12.2 Å². The Morgan fingerprint density at radius 3 is 2.75 bits per heavy atom. The van der Waals surface area contributed by atoms with Crippen LogP contribution in [0.4, 0.5) is 0 Å². The third-order valence-corrected chi connectivity index (χ3v) is 4.55. The van der Waals surface area contributed by atoms with Crippen LogP contribution in [0.25, 0.3) is 0 Å². The molecule has 1 atom stereocenters. The average molecular weight is 316 g/mol. The van der Waals surface area contributed by atoms with Crippen LogP contribution in [0.3, 0.4) is 0 Å². The topological polar surface area (TPSA) is 56.8 Å². The molecule has 0 aromatic heterocycles. The van der Waals surface area contributed by atoms with Gasteiger partial charge < -0.3 is 4.74 Å². The predicted molar refractivity (Wildman–Crippen MR) is 92.7 cm³/mol. The van der Waals surface area contributed by atoms with Gasteiger partial charge in [-0.15, -0.1) is 0 Å². The van der Waals surface area contributed by atoms with E-state index in [4.69, 9.17) is 10.00 Å². The summed E-state index contributed by atoms with van der Waals surface area (Å²) in [5.41, 5.74) is 4.37. The minimum absolute atomic E-state index is 0.193. The smallest absolute Gasteiger partial charge is 0.119 e. The van der Waals surface area contributed by atoms with Gasteiger partial charge in [0.1, 0.15) is 5.75 Å². The molecule has 0 saturated carbocycles. The monoisotopic (exact) mass is 316 g/mol. The number of fused-ring (bicyclic) bond motifs is 1. The molecule has 1 aliphatic carbocycles. The van der Waals surface area contributed by atoms with Crippen molar-refractivity contribution >= 4 is 0 Å². The molecule has 0 spiro atoms. The Labute approximate surface area is 143 Å². The molecule has 2 aromatic rings. The summed E-state index contributed by atoms with van der Waals surface area (Å²) in [4.78, 5) is 0. The number of benzene rings is 2. The largest absolute Gasteiger partial charge is 0.494 e. The first kappa shape index (κ1) is 16.1.